The van der Waals surface area contributed by atoms with Crippen molar-refractivity contribution in [3.05, 3.63) is 0 Å². The van der Waals surface area contributed by atoms with Crippen molar-refractivity contribution >= 4 is 29.0 Å². The summed E-state index contributed by atoms with van der Waals surface area (Å²) in [5, 5.41) is 15.2. The van der Waals surface area contributed by atoms with Crippen molar-refractivity contribution in [1.29, 1.82) is 0 Å². The molecule has 0 aliphatic heterocycles. The van der Waals surface area contributed by atoms with Gasteiger partial charge in [-0.05, 0) is 0 Å². The molecular formula is C5H10Cl2O3. The molecule has 0 heterocycles. The first-order chi connectivity index (χ1) is 4.72. The van der Waals surface area contributed by atoms with Gasteiger partial charge in [-0.2, -0.15) is 0 Å². The minimum absolute atomic E-state index is 0.0312. The molecule has 0 unspecified atom stereocenters. The van der Waals surface area contributed by atoms with Crippen LogP contribution in [0, 0.1) is 0 Å². The number of hydrogen-bond acceptors (Lipinski definition) is 3. The molecular weight excluding hydrogens is 179 g/mol. The van der Waals surface area contributed by atoms with Crippen LogP contribution < -0.4 is 0 Å². The number of Topliss-reactive ketones (excluding diaryl/α,β-unsaturated/α-hetero) is 1. The lowest BCUT2D eigenvalue weighted by Gasteiger charge is -1.77. The van der Waals surface area contributed by atoms with Gasteiger partial charge < -0.3 is 10.2 Å². The van der Waals surface area contributed by atoms with Gasteiger partial charge in [-0.25, -0.2) is 0 Å². The van der Waals surface area contributed by atoms with E-state index in [2.05, 4.69) is 0 Å². The molecule has 62 valence electrons. The Bertz CT molecular complexity index is 69.3. The molecule has 0 rings (SSSR count). The van der Waals surface area contributed by atoms with Crippen LogP contribution in [-0.2, 0) is 4.79 Å². The van der Waals surface area contributed by atoms with Crippen molar-refractivity contribution < 1.29 is 15.0 Å². The minimum atomic E-state index is -0.127. The van der Waals surface area contributed by atoms with Gasteiger partial charge in [-0.1, -0.05) is 0 Å². The summed E-state index contributed by atoms with van der Waals surface area (Å²) in [5.41, 5.74) is 0. The highest BCUT2D eigenvalue weighted by Gasteiger charge is 1.90. The molecule has 0 aliphatic rings. The number of ketones is 1. The SMILES string of the molecule is O=C(CCl)CCl.OCCO. The Morgan fingerprint density at radius 1 is 1.10 bits per heavy atom. The Morgan fingerprint density at radius 3 is 1.40 bits per heavy atom. The van der Waals surface area contributed by atoms with Crippen molar-refractivity contribution in [1.82, 2.24) is 0 Å². The fraction of sp³-hybridized carbons (Fsp3) is 0.800. The van der Waals surface area contributed by atoms with Gasteiger partial charge in [0, 0.05) is 0 Å². The van der Waals surface area contributed by atoms with E-state index < -0.39 is 0 Å². The maximum atomic E-state index is 9.92. The zero-order chi connectivity index (χ0) is 8.41. The molecule has 0 aliphatic carbocycles. The predicted molar refractivity (Wildman–Crippen MR) is 40.6 cm³/mol. The first kappa shape index (κ1) is 12.8. The van der Waals surface area contributed by atoms with E-state index in [1.54, 1.807) is 0 Å². The summed E-state index contributed by atoms with van der Waals surface area (Å²) < 4.78 is 0. The number of aliphatic hydroxyl groups excluding tert-OH is 2. The van der Waals surface area contributed by atoms with E-state index in [4.69, 9.17) is 33.4 Å². The van der Waals surface area contributed by atoms with E-state index in [0.29, 0.717) is 0 Å². The fourth-order valence-electron chi connectivity index (χ4n) is 0.0357. The van der Waals surface area contributed by atoms with Crippen LogP contribution in [0.1, 0.15) is 0 Å². The molecule has 5 heteroatoms. The van der Waals surface area contributed by atoms with Gasteiger partial charge in [-0.15, -0.1) is 23.2 Å². The van der Waals surface area contributed by atoms with Gasteiger partial charge in [0.15, 0.2) is 5.78 Å². The Kier molecular flexibility index (Phi) is 15.3. The lowest BCUT2D eigenvalue weighted by Crippen LogP contribution is -1.98. The van der Waals surface area contributed by atoms with Crippen molar-refractivity contribution in [3.63, 3.8) is 0 Å². The summed E-state index contributed by atoms with van der Waals surface area (Å²) in [4.78, 5) is 9.92. The van der Waals surface area contributed by atoms with E-state index in [-0.39, 0.29) is 30.8 Å². The monoisotopic (exact) mass is 188 g/mol. The highest BCUT2D eigenvalue weighted by molar-refractivity contribution is 6.35. The predicted octanol–water partition coefficient (Wildman–Crippen LogP) is 0.00410. The Balaban J connectivity index is 0. The number of rotatable bonds is 3. The molecule has 0 bridgehead atoms. The summed E-state index contributed by atoms with van der Waals surface area (Å²) in [6, 6.07) is 0. The Hall–Kier alpha value is 0.170. The maximum absolute atomic E-state index is 9.92. The average molecular weight is 189 g/mol. The van der Waals surface area contributed by atoms with Gasteiger partial charge in [0.05, 0.1) is 25.0 Å². The van der Waals surface area contributed by atoms with Crippen LogP contribution >= 0.6 is 23.2 Å². The third-order valence-electron chi connectivity index (χ3n) is 0.398. The van der Waals surface area contributed by atoms with Gasteiger partial charge in [0.1, 0.15) is 0 Å². The van der Waals surface area contributed by atoms with E-state index in [1.807, 2.05) is 0 Å². The highest BCUT2D eigenvalue weighted by atomic mass is 35.5. The molecule has 0 saturated carbocycles. The van der Waals surface area contributed by atoms with Crippen LogP contribution in [0.15, 0.2) is 0 Å². The highest BCUT2D eigenvalue weighted by Crippen LogP contribution is 1.80. The molecule has 0 aromatic heterocycles. The largest absolute Gasteiger partial charge is 0.394 e. The van der Waals surface area contributed by atoms with Crippen molar-refractivity contribution in [2.75, 3.05) is 25.0 Å². The van der Waals surface area contributed by atoms with Crippen LogP contribution in [0.3, 0.4) is 0 Å². The van der Waals surface area contributed by atoms with E-state index >= 15 is 0 Å². The van der Waals surface area contributed by atoms with Gasteiger partial charge in [-0.3, -0.25) is 4.79 Å². The summed E-state index contributed by atoms with van der Waals surface area (Å²) in [6.07, 6.45) is 0. The third kappa shape index (κ3) is 15.7. The Labute approximate surface area is 69.6 Å². The maximum Gasteiger partial charge on any atom is 0.162 e. The molecule has 0 aromatic rings. The number of hydrogen-bond donors (Lipinski definition) is 2. The van der Waals surface area contributed by atoms with Crippen LogP contribution in [0.4, 0.5) is 0 Å². The van der Waals surface area contributed by atoms with Crippen molar-refractivity contribution in [2.45, 2.75) is 0 Å². The fourth-order valence-corrected chi connectivity index (χ4v) is 0.321. The lowest BCUT2D eigenvalue weighted by molar-refractivity contribution is -0.114. The number of alkyl halides is 2. The molecule has 0 amide bonds. The van der Waals surface area contributed by atoms with E-state index in [0.717, 1.165) is 0 Å². The molecule has 2 N–H and O–H groups in total. The molecule has 3 nitrogen and oxygen atoms in total. The summed E-state index contributed by atoms with van der Waals surface area (Å²) in [5.74, 6) is -0.0640. The first-order valence-corrected chi connectivity index (χ1v) is 3.65. The Morgan fingerprint density at radius 2 is 1.40 bits per heavy atom. The second kappa shape index (κ2) is 11.9. The molecule has 10 heavy (non-hydrogen) atoms. The number of aliphatic hydroxyl groups is 2. The average Bonchev–Trinajstić information content (AvgIpc) is 2.03. The third-order valence-corrected chi connectivity index (χ3v) is 0.994. The molecule has 0 radical (unpaired) electrons. The molecule has 0 saturated heterocycles. The number of carbonyl (C=O) groups is 1. The smallest absolute Gasteiger partial charge is 0.162 e. The van der Waals surface area contributed by atoms with Crippen LogP contribution in [0.2, 0.25) is 0 Å². The second-order valence-corrected chi connectivity index (χ2v) is 1.79. The van der Waals surface area contributed by atoms with E-state index in [9.17, 15) is 4.79 Å². The summed E-state index contributed by atoms with van der Waals surface area (Å²) in [6.45, 7) is -0.250. The van der Waals surface area contributed by atoms with E-state index in [1.165, 1.54) is 0 Å². The number of carbonyl (C=O) groups excluding carboxylic acids is 1. The normalized spacial score (nSPS) is 8.00. The topological polar surface area (TPSA) is 57.5 Å². The van der Waals surface area contributed by atoms with Crippen LogP contribution in [-0.4, -0.2) is 41.0 Å². The molecule has 0 atom stereocenters. The zero-order valence-electron chi connectivity index (χ0n) is 5.39. The molecule has 0 spiro atoms. The number of halogens is 2. The summed E-state index contributed by atoms with van der Waals surface area (Å²) >= 11 is 10.0. The van der Waals surface area contributed by atoms with Crippen molar-refractivity contribution in [2.24, 2.45) is 0 Å². The quantitative estimate of drug-likeness (QED) is 0.614. The zero-order valence-corrected chi connectivity index (χ0v) is 6.90. The molecule has 0 aromatic carbocycles. The van der Waals surface area contributed by atoms with Gasteiger partial charge >= 0.3 is 0 Å². The standard InChI is InChI=1S/C3H4Cl2O.C2H6O2/c4-1-3(6)2-5;3-1-2-4/h1-2H2;3-4H,1-2H2. The van der Waals surface area contributed by atoms with Gasteiger partial charge in [0.2, 0.25) is 0 Å². The van der Waals surface area contributed by atoms with Crippen molar-refractivity contribution in [3.8, 4) is 0 Å². The first-order valence-electron chi connectivity index (χ1n) is 2.58. The van der Waals surface area contributed by atoms with Gasteiger partial charge in [0.25, 0.3) is 0 Å². The summed E-state index contributed by atoms with van der Waals surface area (Å²) in [7, 11) is 0. The minimum Gasteiger partial charge on any atom is -0.394 e. The molecule has 0 fully saturated rings. The lowest BCUT2D eigenvalue weighted by atomic mass is 10.5. The van der Waals surface area contributed by atoms with Crippen LogP contribution in [0.5, 0.6) is 0 Å². The van der Waals surface area contributed by atoms with Crippen LogP contribution in [0.25, 0.3) is 0 Å². The second-order valence-electron chi connectivity index (χ2n) is 1.25.